The molecule has 0 aliphatic rings. The Kier molecular flexibility index (Phi) is 3.46. The number of aliphatic carboxylic acids is 2. The Balaban J connectivity index is 3.92. The maximum absolute atomic E-state index is 12.4. The highest BCUT2D eigenvalue weighted by molar-refractivity contribution is 5.76. The van der Waals surface area contributed by atoms with Crippen molar-refractivity contribution in [2.24, 2.45) is 5.73 Å². The molecular weight excluding hydrogens is 157 g/mol. The summed E-state index contributed by atoms with van der Waals surface area (Å²) in [5, 5.41) is 16.1. The van der Waals surface area contributed by atoms with Crippen LogP contribution in [0.25, 0.3) is 0 Å². The Hall–Kier alpha value is -1.17. The molecule has 5 nitrogen and oxygen atoms in total. The van der Waals surface area contributed by atoms with Gasteiger partial charge in [0.25, 0.3) is 0 Å². The van der Waals surface area contributed by atoms with Crippen LogP contribution in [-0.4, -0.2) is 34.4 Å². The Morgan fingerprint density at radius 2 is 1.91 bits per heavy atom. The molecule has 64 valence electrons. The predicted octanol–water partition coefficient (Wildman–Crippen LogP) is -0.789. The van der Waals surface area contributed by atoms with Crippen LogP contribution < -0.4 is 5.73 Å². The second kappa shape index (κ2) is 3.87. The van der Waals surface area contributed by atoms with Crippen LogP contribution in [0.2, 0.25) is 0 Å². The Labute approximate surface area is 61.6 Å². The van der Waals surface area contributed by atoms with Crippen LogP contribution in [-0.2, 0) is 9.59 Å². The molecule has 0 bridgehead atoms. The van der Waals surface area contributed by atoms with E-state index in [1.165, 1.54) is 0 Å². The summed E-state index contributed by atoms with van der Waals surface area (Å²) in [6.45, 7) is 0. The number of hydrogen-bond acceptors (Lipinski definition) is 3. The standard InChI is InChI=1S/C5H8FNO4/c6-2(1-3(8)9)4(7)5(10)11/h2,4H,1,7H2,(H,8,9)(H,10,11)/t2-,4-/m1/s1. The van der Waals surface area contributed by atoms with Crippen molar-refractivity contribution in [1.82, 2.24) is 0 Å². The van der Waals surface area contributed by atoms with E-state index in [1.807, 2.05) is 0 Å². The second-order valence-electron chi connectivity index (χ2n) is 1.98. The van der Waals surface area contributed by atoms with E-state index < -0.39 is 30.6 Å². The number of halogens is 1. The molecule has 0 aliphatic carbocycles. The largest absolute Gasteiger partial charge is 0.481 e. The van der Waals surface area contributed by atoms with Gasteiger partial charge in [-0.3, -0.25) is 9.59 Å². The monoisotopic (exact) mass is 165 g/mol. The lowest BCUT2D eigenvalue weighted by Gasteiger charge is -2.08. The molecule has 0 spiro atoms. The molecule has 0 unspecified atom stereocenters. The smallest absolute Gasteiger partial charge is 0.323 e. The molecule has 11 heavy (non-hydrogen) atoms. The van der Waals surface area contributed by atoms with Crippen LogP contribution in [0.15, 0.2) is 0 Å². The summed E-state index contributed by atoms with van der Waals surface area (Å²) in [5.74, 6) is -2.95. The minimum absolute atomic E-state index is 0.881. The molecule has 4 N–H and O–H groups in total. The molecule has 0 saturated heterocycles. The van der Waals surface area contributed by atoms with E-state index in [-0.39, 0.29) is 0 Å². The van der Waals surface area contributed by atoms with Crippen LogP contribution in [0.5, 0.6) is 0 Å². The van der Waals surface area contributed by atoms with Crippen molar-refractivity contribution in [3.63, 3.8) is 0 Å². The fraction of sp³-hybridized carbons (Fsp3) is 0.600. The van der Waals surface area contributed by atoms with Crippen molar-refractivity contribution in [2.75, 3.05) is 0 Å². The maximum Gasteiger partial charge on any atom is 0.323 e. The van der Waals surface area contributed by atoms with E-state index in [2.05, 4.69) is 0 Å². The molecule has 6 heteroatoms. The molecule has 0 rings (SSSR count). The van der Waals surface area contributed by atoms with Crippen LogP contribution in [0.1, 0.15) is 6.42 Å². The number of alkyl halides is 1. The zero-order valence-electron chi connectivity index (χ0n) is 5.53. The SMILES string of the molecule is N[C@@H](C(=O)O)[C@H](F)CC(=O)O. The van der Waals surface area contributed by atoms with Gasteiger partial charge in [-0.15, -0.1) is 0 Å². The third-order valence-electron chi connectivity index (χ3n) is 1.04. The van der Waals surface area contributed by atoms with Gasteiger partial charge >= 0.3 is 11.9 Å². The zero-order chi connectivity index (χ0) is 9.02. The van der Waals surface area contributed by atoms with E-state index in [0.717, 1.165) is 0 Å². The molecule has 0 radical (unpaired) electrons. The Morgan fingerprint density at radius 1 is 1.45 bits per heavy atom. The van der Waals surface area contributed by atoms with E-state index in [4.69, 9.17) is 15.9 Å². The van der Waals surface area contributed by atoms with E-state index in [1.54, 1.807) is 0 Å². The highest BCUT2D eigenvalue weighted by Crippen LogP contribution is 2.02. The quantitative estimate of drug-likeness (QED) is 0.506. The first kappa shape index (κ1) is 9.83. The van der Waals surface area contributed by atoms with E-state index >= 15 is 0 Å². The zero-order valence-corrected chi connectivity index (χ0v) is 5.53. The number of rotatable bonds is 4. The molecular formula is C5H8FNO4. The van der Waals surface area contributed by atoms with E-state index in [0.29, 0.717) is 0 Å². The molecule has 0 aromatic rings. The van der Waals surface area contributed by atoms with Crippen LogP contribution in [0, 0.1) is 0 Å². The van der Waals surface area contributed by atoms with Crippen LogP contribution >= 0.6 is 0 Å². The van der Waals surface area contributed by atoms with Gasteiger partial charge in [-0.05, 0) is 0 Å². The number of hydrogen-bond donors (Lipinski definition) is 3. The molecule has 2 atom stereocenters. The van der Waals surface area contributed by atoms with Crippen molar-refractivity contribution in [3.8, 4) is 0 Å². The molecule has 0 aromatic carbocycles. The number of carboxylic acids is 2. The molecule has 0 saturated carbocycles. The van der Waals surface area contributed by atoms with Crippen molar-refractivity contribution >= 4 is 11.9 Å². The number of carbonyl (C=O) groups is 2. The van der Waals surface area contributed by atoms with Gasteiger partial charge in [0.15, 0.2) is 0 Å². The van der Waals surface area contributed by atoms with Gasteiger partial charge in [-0.2, -0.15) is 0 Å². The van der Waals surface area contributed by atoms with Gasteiger partial charge in [-0.25, -0.2) is 4.39 Å². The minimum atomic E-state index is -2.04. The molecule has 0 amide bonds. The van der Waals surface area contributed by atoms with Crippen LogP contribution in [0.4, 0.5) is 4.39 Å². The number of nitrogens with two attached hydrogens (primary N) is 1. The molecule has 0 aromatic heterocycles. The summed E-state index contributed by atoms with van der Waals surface area (Å²) in [5.41, 5.74) is 4.77. The van der Waals surface area contributed by atoms with Gasteiger partial charge in [0, 0.05) is 0 Å². The Morgan fingerprint density at radius 3 is 2.18 bits per heavy atom. The summed E-state index contributed by atoms with van der Waals surface area (Å²) in [4.78, 5) is 19.8. The van der Waals surface area contributed by atoms with Gasteiger partial charge in [-0.1, -0.05) is 0 Å². The molecule has 0 aliphatic heterocycles. The summed E-state index contributed by atoms with van der Waals surface area (Å²) in [7, 11) is 0. The summed E-state index contributed by atoms with van der Waals surface area (Å²) in [6.07, 6.45) is -2.92. The van der Waals surface area contributed by atoms with Gasteiger partial charge in [0.1, 0.15) is 12.2 Å². The average Bonchev–Trinajstić information content (AvgIpc) is 1.84. The Bertz CT molecular complexity index is 172. The highest BCUT2D eigenvalue weighted by atomic mass is 19.1. The normalized spacial score (nSPS) is 15.5. The fourth-order valence-corrected chi connectivity index (χ4v) is 0.448. The lowest BCUT2D eigenvalue weighted by molar-refractivity contribution is -0.142. The topological polar surface area (TPSA) is 101 Å². The van der Waals surface area contributed by atoms with Crippen molar-refractivity contribution < 1.29 is 24.2 Å². The van der Waals surface area contributed by atoms with E-state index in [9.17, 15) is 14.0 Å². The average molecular weight is 165 g/mol. The third kappa shape index (κ3) is 3.51. The minimum Gasteiger partial charge on any atom is -0.481 e. The summed E-state index contributed by atoms with van der Waals surface area (Å²) < 4.78 is 12.4. The van der Waals surface area contributed by atoms with Crippen LogP contribution in [0.3, 0.4) is 0 Å². The first-order valence-electron chi connectivity index (χ1n) is 2.79. The summed E-state index contributed by atoms with van der Waals surface area (Å²) in [6, 6.07) is -1.76. The maximum atomic E-state index is 12.4. The lowest BCUT2D eigenvalue weighted by atomic mass is 10.1. The summed E-state index contributed by atoms with van der Waals surface area (Å²) >= 11 is 0. The fourth-order valence-electron chi connectivity index (χ4n) is 0.448. The van der Waals surface area contributed by atoms with Crippen molar-refractivity contribution in [2.45, 2.75) is 18.6 Å². The second-order valence-corrected chi connectivity index (χ2v) is 1.98. The first-order chi connectivity index (χ1) is 4.95. The highest BCUT2D eigenvalue weighted by Gasteiger charge is 2.25. The first-order valence-corrected chi connectivity index (χ1v) is 2.79. The lowest BCUT2D eigenvalue weighted by Crippen LogP contribution is -2.40. The van der Waals surface area contributed by atoms with Gasteiger partial charge in [0.2, 0.25) is 0 Å². The van der Waals surface area contributed by atoms with Crippen molar-refractivity contribution in [3.05, 3.63) is 0 Å². The molecule has 0 fully saturated rings. The van der Waals surface area contributed by atoms with Gasteiger partial charge in [0.05, 0.1) is 6.42 Å². The predicted molar refractivity (Wildman–Crippen MR) is 32.8 cm³/mol. The molecule has 0 heterocycles. The van der Waals surface area contributed by atoms with Crippen molar-refractivity contribution in [1.29, 1.82) is 0 Å². The number of carboxylic acid groups (broad SMARTS) is 2. The van der Waals surface area contributed by atoms with Gasteiger partial charge < -0.3 is 15.9 Å². The third-order valence-corrected chi connectivity index (χ3v) is 1.04.